The van der Waals surface area contributed by atoms with Crippen molar-refractivity contribution >= 4 is 34.3 Å². The van der Waals surface area contributed by atoms with E-state index in [1.807, 2.05) is 24.3 Å². The molecule has 0 unspecified atom stereocenters. The molecule has 1 saturated heterocycles. The van der Waals surface area contributed by atoms with Gasteiger partial charge >= 0.3 is 0 Å². The number of ether oxygens (including phenoxy) is 2. The number of aromatic nitrogens is 2. The van der Waals surface area contributed by atoms with Crippen LogP contribution in [0.15, 0.2) is 52.4 Å². The van der Waals surface area contributed by atoms with Gasteiger partial charge in [0.2, 0.25) is 0 Å². The predicted octanol–water partition coefficient (Wildman–Crippen LogP) is 4.32. The van der Waals surface area contributed by atoms with Gasteiger partial charge in [0, 0.05) is 17.4 Å². The van der Waals surface area contributed by atoms with Crippen molar-refractivity contribution in [2.24, 2.45) is 0 Å². The molecular formula is C20H19ClN2O3S. The molecule has 0 spiro atoms. The van der Waals surface area contributed by atoms with E-state index in [0.29, 0.717) is 32.5 Å². The third kappa shape index (κ3) is 3.70. The first kappa shape index (κ1) is 18.3. The Kier molecular flexibility index (Phi) is 5.38. The summed E-state index contributed by atoms with van der Waals surface area (Å²) in [6.07, 6.45) is 2.30. The lowest BCUT2D eigenvalue weighted by Crippen LogP contribution is -2.23. The largest absolute Gasteiger partial charge is 0.495 e. The number of hydrogen-bond acceptors (Lipinski definition) is 5. The van der Waals surface area contributed by atoms with Gasteiger partial charge in [0.25, 0.3) is 5.56 Å². The number of para-hydroxylation sites is 2. The third-order valence-corrected chi connectivity index (χ3v) is 5.85. The van der Waals surface area contributed by atoms with Crippen molar-refractivity contribution < 1.29 is 9.47 Å². The minimum absolute atomic E-state index is 0.143. The number of nitrogens with zero attached hydrogens (tertiary/aromatic N) is 2. The van der Waals surface area contributed by atoms with Gasteiger partial charge in [-0.25, -0.2) is 4.98 Å². The Hall–Kier alpha value is -2.02. The predicted molar refractivity (Wildman–Crippen MR) is 109 cm³/mol. The molecule has 1 aliphatic heterocycles. The van der Waals surface area contributed by atoms with Gasteiger partial charge in [-0.3, -0.25) is 9.36 Å². The van der Waals surface area contributed by atoms with E-state index >= 15 is 0 Å². The molecule has 0 amide bonds. The Bertz CT molecular complexity index is 1030. The zero-order valence-corrected chi connectivity index (χ0v) is 16.4. The number of benzene rings is 2. The maximum Gasteiger partial charge on any atom is 0.266 e. The van der Waals surface area contributed by atoms with Crippen molar-refractivity contribution in [3.8, 4) is 11.4 Å². The Balaban J connectivity index is 1.88. The molecular weight excluding hydrogens is 384 g/mol. The summed E-state index contributed by atoms with van der Waals surface area (Å²) < 4.78 is 12.8. The molecule has 0 aliphatic carbocycles. The normalized spacial score (nSPS) is 16.7. The molecule has 0 radical (unpaired) electrons. The van der Waals surface area contributed by atoms with Gasteiger partial charge in [-0.1, -0.05) is 35.5 Å². The molecule has 0 N–H and O–H groups in total. The highest BCUT2D eigenvalue weighted by Gasteiger charge is 2.20. The van der Waals surface area contributed by atoms with Crippen LogP contribution in [0, 0.1) is 0 Å². The summed E-state index contributed by atoms with van der Waals surface area (Å²) in [6.45, 7) is 0.797. The van der Waals surface area contributed by atoms with Crippen molar-refractivity contribution in [2.45, 2.75) is 24.1 Å². The average molecular weight is 403 g/mol. The lowest BCUT2D eigenvalue weighted by Gasteiger charge is -2.16. The summed E-state index contributed by atoms with van der Waals surface area (Å²) >= 11 is 7.63. The van der Waals surface area contributed by atoms with Gasteiger partial charge < -0.3 is 9.47 Å². The van der Waals surface area contributed by atoms with Crippen LogP contribution in [0.1, 0.15) is 12.8 Å². The molecule has 3 aromatic rings. The minimum atomic E-state index is -0.143. The van der Waals surface area contributed by atoms with Crippen molar-refractivity contribution in [1.82, 2.24) is 9.55 Å². The first-order valence-electron chi connectivity index (χ1n) is 8.77. The second-order valence-electron chi connectivity index (χ2n) is 6.31. The Morgan fingerprint density at radius 3 is 2.96 bits per heavy atom. The number of thioether (sulfide) groups is 1. The van der Waals surface area contributed by atoms with Gasteiger partial charge in [-0.05, 0) is 43.2 Å². The SMILES string of the molecule is COc1ccccc1-n1c(SC[C@@H]2CCCO2)nc2cc(Cl)ccc2c1=O. The van der Waals surface area contributed by atoms with Crippen LogP contribution in [0.2, 0.25) is 5.02 Å². The summed E-state index contributed by atoms with van der Waals surface area (Å²) in [5.41, 5.74) is 1.12. The minimum Gasteiger partial charge on any atom is -0.495 e. The maximum atomic E-state index is 13.3. The fraction of sp³-hybridized carbons (Fsp3) is 0.300. The second-order valence-corrected chi connectivity index (χ2v) is 7.74. The van der Waals surface area contributed by atoms with Gasteiger partial charge in [0.05, 0.1) is 29.8 Å². The summed E-state index contributed by atoms with van der Waals surface area (Å²) in [4.78, 5) is 18.0. The standard InChI is InChI=1S/C20H19ClN2O3S/c1-25-18-7-3-2-6-17(18)23-19(24)15-9-8-13(21)11-16(15)22-20(23)27-12-14-5-4-10-26-14/h2-3,6-9,11,14H,4-5,10,12H2,1H3/t14-/m0/s1. The zero-order valence-electron chi connectivity index (χ0n) is 14.9. The molecule has 140 valence electrons. The molecule has 1 fully saturated rings. The Morgan fingerprint density at radius 1 is 1.33 bits per heavy atom. The van der Waals surface area contributed by atoms with Crippen molar-refractivity contribution in [3.63, 3.8) is 0 Å². The number of fused-ring (bicyclic) bond motifs is 1. The van der Waals surface area contributed by atoms with Crippen LogP contribution >= 0.6 is 23.4 Å². The molecule has 2 aromatic carbocycles. The van der Waals surface area contributed by atoms with E-state index in [9.17, 15) is 4.79 Å². The van der Waals surface area contributed by atoms with Gasteiger partial charge in [0.1, 0.15) is 5.75 Å². The number of methoxy groups -OCH3 is 1. The molecule has 1 aliphatic rings. The van der Waals surface area contributed by atoms with E-state index in [-0.39, 0.29) is 11.7 Å². The molecule has 4 rings (SSSR count). The summed E-state index contributed by atoms with van der Waals surface area (Å²) in [6, 6.07) is 12.6. The van der Waals surface area contributed by atoms with Crippen molar-refractivity contribution in [1.29, 1.82) is 0 Å². The lowest BCUT2D eigenvalue weighted by atomic mass is 10.2. The fourth-order valence-electron chi connectivity index (χ4n) is 3.21. The van der Waals surface area contributed by atoms with E-state index in [4.69, 9.17) is 26.1 Å². The van der Waals surface area contributed by atoms with Crippen LogP contribution in [-0.4, -0.2) is 35.1 Å². The third-order valence-electron chi connectivity index (χ3n) is 4.55. The zero-order chi connectivity index (χ0) is 18.8. The monoisotopic (exact) mass is 402 g/mol. The highest BCUT2D eigenvalue weighted by Crippen LogP contribution is 2.29. The van der Waals surface area contributed by atoms with Crippen LogP contribution in [0.3, 0.4) is 0 Å². The molecule has 2 heterocycles. The number of halogens is 1. The second kappa shape index (κ2) is 7.92. The molecule has 0 saturated carbocycles. The summed E-state index contributed by atoms with van der Waals surface area (Å²) in [7, 11) is 1.59. The molecule has 1 aromatic heterocycles. The summed E-state index contributed by atoms with van der Waals surface area (Å²) in [5.74, 6) is 1.36. The first-order valence-corrected chi connectivity index (χ1v) is 10.1. The first-order chi connectivity index (χ1) is 13.2. The van der Waals surface area contributed by atoms with Crippen molar-refractivity contribution in [3.05, 3.63) is 57.8 Å². The van der Waals surface area contributed by atoms with Gasteiger partial charge in [-0.2, -0.15) is 0 Å². The van der Waals surface area contributed by atoms with Crippen LogP contribution in [0.4, 0.5) is 0 Å². The van der Waals surface area contributed by atoms with Crippen molar-refractivity contribution in [2.75, 3.05) is 19.5 Å². The summed E-state index contributed by atoms with van der Waals surface area (Å²) in [5, 5.41) is 1.68. The number of hydrogen-bond donors (Lipinski definition) is 0. The highest BCUT2D eigenvalue weighted by molar-refractivity contribution is 7.99. The smallest absolute Gasteiger partial charge is 0.266 e. The van der Waals surface area contributed by atoms with Crippen LogP contribution in [0.25, 0.3) is 16.6 Å². The molecule has 7 heteroatoms. The molecule has 27 heavy (non-hydrogen) atoms. The van der Waals surface area contributed by atoms with Gasteiger partial charge in [-0.15, -0.1) is 0 Å². The topological polar surface area (TPSA) is 53.4 Å². The maximum absolute atomic E-state index is 13.3. The van der Waals surface area contributed by atoms with Crippen LogP contribution < -0.4 is 10.3 Å². The van der Waals surface area contributed by atoms with Crippen LogP contribution in [0.5, 0.6) is 5.75 Å². The quantitative estimate of drug-likeness (QED) is 0.470. The average Bonchev–Trinajstić information content (AvgIpc) is 3.20. The van der Waals surface area contributed by atoms with E-state index in [1.54, 1.807) is 29.9 Å². The molecule has 0 bridgehead atoms. The fourth-order valence-corrected chi connectivity index (χ4v) is 4.44. The molecule has 1 atom stereocenters. The lowest BCUT2D eigenvalue weighted by molar-refractivity contribution is 0.129. The number of rotatable bonds is 5. The van der Waals surface area contributed by atoms with Crippen LogP contribution in [-0.2, 0) is 4.74 Å². The molecule has 5 nitrogen and oxygen atoms in total. The van der Waals surface area contributed by atoms with E-state index in [1.165, 1.54) is 11.8 Å². The van der Waals surface area contributed by atoms with E-state index in [0.717, 1.165) is 25.2 Å². The Morgan fingerprint density at radius 2 is 2.19 bits per heavy atom. The van der Waals surface area contributed by atoms with E-state index < -0.39 is 0 Å². The van der Waals surface area contributed by atoms with Gasteiger partial charge in [0.15, 0.2) is 5.16 Å². The Labute approximate surface area is 166 Å². The highest BCUT2D eigenvalue weighted by atomic mass is 35.5. The van der Waals surface area contributed by atoms with E-state index in [2.05, 4.69) is 0 Å².